The number of aromatic nitrogens is 2. The summed E-state index contributed by atoms with van der Waals surface area (Å²) in [6, 6.07) is 2.32. The smallest absolute Gasteiger partial charge is 0.410 e. The molecule has 32 heavy (non-hydrogen) atoms. The minimum Gasteiger partial charge on any atom is -0.462 e. The fourth-order valence-electron chi connectivity index (χ4n) is 3.85. The predicted molar refractivity (Wildman–Crippen MR) is 121 cm³/mol. The van der Waals surface area contributed by atoms with E-state index < -0.39 is 5.60 Å². The van der Waals surface area contributed by atoms with E-state index in [1.807, 2.05) is 39.8 Å². The lowest BCUT2D eigenvalue weighted by atomic mass is 10.0. The van der Waals surface area contributed by atoms with Crippen LogP contribution in [0.25, 0.3) is 0 Å². The largest absolute Gasteiger partial charge is 0.462 e. The van der Waals surface area contributed by atoms with Crippen molar-refractivity contribution >= 4 is 11.9 Å². The van der Waals surface area contributed by atoms with E-state index in [0.717, 1.165) is 36.6 Å². The fourth-order valence-corrected chi connectivity index (χ4v) is 3.85. The van der Waals surface area contributed by atoms with Crippen molar-refractivity contribution in [3.05, 3.63) is 11.3 Å². The molecule has 1 saturated heterocycles. The summed E-state index contributed by atoms with van der Waals surface area (Å²) < 4.78 is 11.4. The van der Waals surface area contributed by atoms with Crippen molar-refractivity contribution in [3.8, 4) is 12.1 Å². The molecule has 3 rings (SSSR count). The number of hydrogen-bond donors (Lipinski definition) is 1. The molecular weight excluding hydrogens is 410 g/mol. The lowest BCUT2D eigenvalue weighted by molar-refractivity contribution is 0.0144. The van der Waals surface area contributed by atoms with Crippen molar-refractivity contribution in [1.82, 2.24) is 25.1 Å². The van der Waals surface area contributed by atoms with Gasteiger partial charge < -0.3 is 29.5 Å². The van der Waals surface area contributed by atoms with Crippen molar-refractivity contribution in [2.75, 3.05) is 58.3 Å². The number of ether oxygens (including phenoxy) is 2. The number of hydrogen-bond acceptors (Lipinski definition) is 9. The van der Waals surface area contributed by atoms with Crippen molar-refractivity contribution in [3.63, 3.8) is 0 Å². The molecule has 1 fully saturated rings. The van der Waals surface area contributed by atoms with Gasteiger partial charge in [-0.25, -0.2) is 4.79 Å². The Kier molecular flexibility index (Phi) is 7.74. The third-order valence-corrected chi connectivity index (χ3v) is 5.40. The molecule has 0 aliphatic carbocycles. The number of nitrogens with zero attached hydrogens (tertiary/aromatic N) is 6. The summed E-state index contributed by atoms with van der Waals surface area (Å²) in [4.78, 5) is 28.0. The van der Waals surface area contributed by atoms with Gasteiger partial charge in [-0.15, -0.1) is 0 Å². The van der Waals surface area contributed by atoms with E-state index in [9.17, 15) is 10.1 Å². The van der Waals surface area contributed by atoms with Gasteiger partial charge in [0.05, 0.1) is 24.2 Å². The van der Waals surface area contributed by atoms with Gasteiger partial charge in [0, 0.05) is 38.3 Å². The second-order valence-corrected chi connectivity index (χ2v) is 9.47. The highest BCUT2D eigenvalue weighted by Crippen LogP contribution is 2.29. The molecule has 2 aliphatic heterocycles. The van der Waals surface area contributed by atoms with Crippen LogP contribution in [0.5, 0.6) is 6.01 Å². The summed E-state index contributed by atoms with van der Waals surface area (Å²) in [6.45, 7) is 9.94. The maximum atomic E-state index is 12.7. The molecule has 176 valence electrons. The Bertz CT molecular complexity index is 847. The first kappa shape index (κ1) is 24.0. The standard InChI is InChI=1S/C22H35N7O3/c1-22(2,3)32-21(30)29-11-10-28(15-16(29)6-8-23)19-17-7-9-24-14-18(17)25-20(26-19)31-13-12-27(4)5/h16,24H,6-7,9-15H2,1-5H3/t16-/m0/s1. The lowest BCUT2D eigenvalue weighted by Gasteiger charge is -2.42. The van der Waals surface area contributed by atoms with Crippen LogP contribution in [0.1, 0.15) is 38.4 Å². The van der Waals surface area contributed by atoms with Gasteiger partial charge in [-0.1, -0.05) is 0 Å². The summed E-state index contributed by atoms with van der Waals surface area (Å²) in [5.41, 5.74) is 1.49. The third kappa shape index (κ3) is 6.20. The topological polar surface area (TPSA) is 107 Å². The summed E-state index contributed by atoms with van der Waals surface area (Å²) >= 11 is 0. The lowest BCUT2D eigenvalue weighted by Crippen LogP contribution is -2.56. The highest BCUT2D eigenvalue weighted by Gasteiger charge is 2.35. The number of likely N-dealkylation sites (N-methyl/N-ethyl adjacent to an activating group) is 1. The van der Waals surface area contributed by atoms with Crippen LogP contribution in [0.2, 0.25) is 0 Å². The highest BCUT2D eigenvalue weighted by atomic mass is 16.6. The summed E-state index contributed by atoms with van der Waals surface area (Å²) in [7, 11) is 3.98. The zero-order valence-electron chi connectivity index (χ0n) is 19.8. The Morgan fingerprint density at radius 1 is 1.31 bits per heavy atom. The van der Waals surface area contributed by atoms with Gasteiger partial charge in [-0.2, -0.15) is 15.2 Å². The number of anilines is 1. The average Bonchev–Trinajstić information content (AvgIpc) is 2.72. The van der Waals surface area contributed by atoms with E-state index in [4.69, 9.17) is 14.5 Å². The van der Waals surface area contributed by atoms with Crippen molar-refractivity contribution in [1.29, 1.82) is 5.26 Å². The molecule has 0 bridgehead atoms. The fraction of sp³-hybridized carbons (Fsp3) is 0.727. The monoisotopic (exact) mass is 445 g/mol. The number of carbonyl (C=O) groups is 1. The van der Waals surface area contributed by atoms with Gasteiger partial charge in [0.2, 0.25) is 0 Å². The minimum absolute atomic E-state index is 0.233. The van der Waals surface area contributed by atoms with Crippen LogP contribution in [0.4, 0.5) is 10.6 Å². The molecule has 2 aliphatic rings. The number of fused-ring (bicyclic) bond motifs is 1. The van der Waals surface area contributed by atoms with Crippen LogP contribution >= 0.6 is 0 Å². The van der Waals surface area contributed by atoms with Crippen LogP contribution in [0.3, 0.4) is 0 Å². The second kappa shape index (κ2) is 10.3. The van der Waals surface area contributed by atoms with Gasteiger partial charge in [0.1, 0.15) is 18.0 Å². The Morgan fingerprint density at radius 3 is 2.78 bits per heavy atom. The Morgan fingerprint density at radius 2 is 2.09 bits per heavy atom. The molecule has 0 spiro atoms. The van der Waals surface area contributed by atoms with E-state index in [1.165, 1.54) is 0 Å². The van der Waals surface area contributed by atoms with E-state index >= 15 is 0 Å². The van der Waals surface area contributed by atoms with Gasteiger partial charge >= 0.3 is 12.1 Å². The van der Waals surface area contributed by atoms with Gasteiger partial charge in [0.15, 0.2) is 0 Å². The van der Waals surface area contributed by atoms with Gasteiger partial charge in [0.25, 0.3) is 0 Å². The maximum absolute atomic E-state index is 12.7. The molecule has 0 saturated carbocycles. The second-order valence-electron chi connectivity index (χ2n) is 9.47. The van der Waals surface area contributed by atoms with Crippen LogP contribution in [0.15, 0.2) is 0 Å². The van der Waals surface area contributed by atoms with Crippen molar-refractivity contribution in [2.45, 2.75) is 51.8 Å². The molecule has 10 nitrogen and oxygen atoms in total. The van der Waals surface area contributed by atoms with Crippen molar-refractivity contribution in [2.24, 2.45) is 0 Å². The molecule has 1 N–H and O–H groups in total. The SMILES string of the molecule is CN(C)CCOc1nc2c(c(N3CCN(C(=O)OC(C)(C)C)[C@@H](CC#N)C3)n1)CCNC2. The average molecular weight is 446 g/mol. The van der Waals surface area contributed by atoms with Gasteiger partial charge in [-0.05, 0) is 47.8 Å². The quantitative estimate of drug-likeness (QED) is 0.695. The zero-order valence-corrected chi connectivity index (χ0v) is 19.8. The molecule has 1 amide bonds. The summed E-state index contributed by atoms with van der Waals surface area (Å²) in [5.74, 6) is 0.850. The number of piperazine rings is 1. The number of carbonyl (C=O) groups excluding carboxylic acids is 1. The van der Waals surface area contributed by atoms with E-state index in [2.05, 4.69) is 21.3 Å². The van der Waals surface area contributed by atoms with Crippen molar-refractivity contribution < 1.29 is 14.3 Å². The van der Waals surface area contributed by atoms with E-state index in [0.29, 0.717) is 38.8 Å². The first-order chi connectivity index (χ1) is 15.2. The number of nitrogens with one attached hydrogen (secondary N) is 1. The van der Waals surface area contributed by atoms with Gasteiger partial charge in [-0.3, -0.25) is 0 Å². The Balaban J connectivity index is 1.82. The first-order valence-corrected chi connectivity index (χ1v) is 11.2. The van der Waals surface area contributed by atoms with E-state index in [1.54, 1.807) is 4.90 Å². The highest BCUT2D eigenvalue weighted by molar-refractivity contribution is 5.69. The molecule has 0 aromatic carbocycles. The third-order valence-electron chi connectivity index (χ3n) is 5.40. The van der Waals surface area contributed by atoms with Crippen LogP contribution in [-0.4, -0.2) is 90.9 Å². The molecule has 10 heteroatoms. The summed E-state index contributed by atoms with van der Waals surface area (Å²) in [6.07, 6.45) is 0.688. The molecule has 1 aromatic rings. The minimum atomic E-state index is -0.580. The molecular formula is C22H35N7O3. The molecule has 1 atom stereocenters. The van der Waals surface area contributed by atoms with Crippen LogP contribution < -0.4 is 15.0 Å². The maximum Gasteiger partial charge on any atom is 0.410 e. The van der Waals surface area contributed by atoms with Crippen LogP contribution in [0, 0.1) is 11.3 Å². The Labute approximate surface area is 190 Å². The number of amides is 1. The number of nitriles is 1. The number of rotatable bonds is 6. The molecule has 3 heterocycles. The van der Waals surface area contributed by atoms with Crippen LogP contribution in [-0.2, 0) is 17.7 Å². The predicted octanol–water partition coefficient (Wildman–Crippen LogP) is 1.40. The van der Waals surface area contributed by atoms with E-state index in [-0.39, 0.29) is 18.6 Å². The molecule has 0 unspecified atom stereocenters. The zero-order chi connectivity index (χ0) is 23.3. The molecule has 1 aromatic heterocycles. The summed E-state index contributed by atoms with van der Waals surface area (Å²) in [5, 5.41) is 12.7. The normalized spacial score (nSPS) is 18.8. The molecule has 0 radical (unpaired) electrons. The first-order valence-electron chi connectivity index (χ1n) is 11.2. The Hall–Kier alpha value is -2.64.